The van der Waals surface area contributed by atoms with E-state index in [-0.39, 0.29) is 11.2 Å². The number of amides is 1. The van der Waals surface area contributed by atoms with Crippen LogP contribution in [0, 0.1) is 0 Å². The van der Waals surface area contributed by atoms with Gasteiger partial charge in [0, 0.05) is 24.7 Å². The Kier molecular flexibility index (Phi) is 6.43. The van der Waals surface area contributed by atoms with E-state index in [9.17, 15) is 4.79 Å². The molecule has 0 N–H and O–H groups in total. The number of likely N-dealkylation sites (tertiary alicyclic amines) is 1. The number of ether oxygens (including phenoxy) is 1. The zero-order valence-corrected chi connectivity index (χ0v) is 18.2. The van der Waals surface area contributed by atoms with Gasteiger partial charge in [-0.05, 0) is 56.9 Å². The van der Waals surface area contributed by atoms with Crippen LogP contribution in [0.3, 0.4) is 0 Å². The quantitative estimate of drug-likeness (QED) is 0.649. The summed E-state index contributed by atoms with van der Waals surface area (Å²) >= 11 is 1.56. The van der Waals surface area contributed by atoms with Gasteiger partial charge in [0.1, 0.15) is 5.75 Å². The highest BCUT2D eigenvalue weighted by atomic mass is 32.2. The molecular formula is C22H30N4O2S. The van der Waals surface area contributed by atoms with Crippen molar-refractivity contribution in [3.05, 3.63) is 24.3 Å². The molecule has 1 aromatic carbocycles. The molecule has 1 amide bonds. The predicted octanol–water partition coefficient (Wildman–Crippen LogP) is 4.56. The summed E-state index contributed by atoms with van der Waals surface area (Å²) in [4.78, 5) is 14.8. The summed E-state index contributed by atoms with van der Waals surface area (Å²) in [5.41, 5.74) is 1.04. The minimum Gasteiger partial charge on any atom is -0.497 e. The molecule has 4 rings (SSSR count). The van der Waals surface area contributed by atoms with Crippen LogP contribution in [0.1, 0.15) is 57.9 Å². The number of thioether (sulfide) groups is 1. The Labute approximate surface area is 177 Å². The topological polar surface area (TPSA) is 60.3 Å². The first-order chi connectivity index (χ1) is 14.2. The Morgan fingerprint density at radius 3 is 2.41 bits per heavy atom. The molecule has 2 aliphatic rings. The Morgan fingerprint density at radius 1 is 1.07 bits per heavy atom. The Hall–Kier alpha value is -2.02. The zero-order valence-electron chi connectivity index (χ0n) is 17.3. The molecule has 1 saturated carbocycles. The molecule has 2 heterocycles. The van der Waals surface area contributed by atoms with Crippen molar-refractivity contribution in [1.82, 2.24) is 19.7 Å². The van der Waals surface area contributed by atoms with Gasteiger partial charge in [0.05, 0.1) is 12.4 Å². The van der Waals surface area contributed by atoms with Crippen LogP contribution in [0.5, 0.6) is 5.75 Å². The number of rotatable bonds is 6. The molecule has 29 heavy (non-hydrogen) atoms. The summed E-state index contributed by atoms with van der Waals surface area (Å²) in [5.74, 6) is 1.94. The number of hydrogen-bond donors (Lipinski definition) is 0. The lowest BCUT2D eigenvalue weighted by molar-refractivity contribution is -0.129. The Bertz CT molecular complexity index is 824. The molecule has 1 saturated heterocycles. The third-order valence-electron chi connectivity index (χ3n) is 6.00. The van der Waals surface area contributed by atoms with Crippen molar-refractivity contribution >= 4 is 17.7 Å². The monoisotopic (exact) mass is 414 g/mol. The number of hydrogen-bond acceptors (Lipinski definition) is 5. The smallest absolute Gasteiger partial charge is 0.235 e. The molecule has 0 radical (unpaired) electrons. The summed E-state index contributed by atoms with van der Waals surface area (Å²) in [5, 5.41) is 9.80. The summed E-state index contributed by atoms with van der Waals surface area (Å²) in [6, 6.07) is 8.39. The number of aromatic nitrogens is 3. The molecule has 7 heteroatoms. The zero-order chi connectivity index (χ0) is 20.2. The second-order valence-corrected chi connectivity index (χ2v) is 9.30. The SMILES string of the molecule is COc1ccc(-c2nnc(S[C@H](C)C(=O)N3CCCC3)n2C2CCCCC2)cc1. The minimum atomic E-state index is -0.150. The van der Waals surface area contributed by atoms with Crippen LogP contribution in [0.4, 0.5) is 0 Å². The highest BCUT2D eigenvalue weighted by Gasteiger charge is 2.29. The third-order valence-corrected chi connectivity index (χ3v) is 7.04. The highest BCUT2D eigenvalue weighted by Crippen LogP contribution is 2.37. The number of benzene rings is 1. The van der Waals surface area contributed by atoms with Gasteiger partial charge in [-0.2, -0.15) is 0 Å². The molecule has 156 valence electrons. The van der Waals surface area contributed by atoms with Gasteiger partial charge in [-0.1, -0.05) is 31.0 Å². The van der Waals surface area contributed by atoms with Crippen LogP contribution in [0.15, 0.2) is 29.4 Å². The molecule has 1 atom stereocenters. The highest BCUT2D eigenvalue weighted by molar-refractivity contribution is 8.00. The van der Waals surface area contributed by atoms with Crippen LogP contribution >= 0.6 is 11.8 Å². The number of nitrogens with zero attached hydrogens (tertiary/aromatic N) is 4. The second-order valence-electron chi connectivity index (χ2n) is 7.99. The van der Waals surface area contributed by atoms with Gasteiger partial charge < -0.3 is 9.64 Å². The summed E-state index contributed by atoms with van der Waals surface area (Å²) < 4.78 is 7.59. The van der Waals surface area contributed by atoms with Crippen LogP contribution in [0.2, 0.25) is 0 Å². The van der Waals surface area contributed by atoms with Gasteiger partial charge in [0.15, 0.2) is 11.0 Å². The maximum absolute atomic E-state index is 12.8. The molecule has 6 nitrogen and oxygen atoms in total. The molecule has 0 bridgehead atoms. The maximum Gasteiger partial charge on any atom is 0.235 e. The fourth-order valence-corrected chi connectivity index (χ4v) is 5.37. The first kappa shape index (κ1) is 20.3. The fraction of sp³-hybridized carbons (Fsp3) is 0.591. The lowest BCUT2D eigenvalue weighted by Gasteiger charge is -2.26. The Balaban J connectivity index is 1.62. The van der Waals surface area contributed by atoms with Crippen LogP contribution in [-0.2, 0) is 4.79 Å². The van der Waals surface area contributed by atoms with Crippen LogP contribution in [-0.4, -0.2) is 51.0 Å². The number of carbonyl (C=O) groups excluding carboxylic acids is 1. The van der Waals surface area contributed by atoms with Crippen molar-refractivity contribution in [2.45, 2.75) is 68.3 Å². The molecule has 2 aromatic rings. The molecule has 2 fully saturated rings. The van der Waals surface area contributed by atoms with Crippen molar-refractivity contribution in [2.24, 2.45) is 0 Å². The molecule has 1 aliphatic carbocycles. The van der Waals surface area contributed by atoms with Crippen molar-refractivity contribution in [3.8, 4) is 17.1 Å². The second kappa shape index (κ2) is 9.20. The number of methoxy groups -OCH3 is 1. The number of carbonyl (C=O) groups is 1. The largest absolute Gasteiger partial charge is 0.497 e. The van der Waals surface area contributed by atoms with E-state index in [1.807, 2.05) is 36.1 Å². The summed E-state index contributed by atoms with van der Waals surface area (Å²) in [6.45, 7) is 3.77. The van der Waals surface area contributed by atoms with Gasteiger partial charge in [-0.25, -0.2) is 0 Å². The van der Waals surface area contributed by atoms with E-state index in [2.05, 4.69) is 14.8 Å². The van der Waals surface area contributed by atoms with Gasteiger partial charge in [-0.3, -0.25) is 9.36 Å². The Morgan fingerprint density at radius 2 is 1.76 bits per heavy atom. The van der Waals surface area contributed by atoms with E-state index in [0.29, 0.717) is 6.04 Å². The van der Waals surface area contributed by atoms with Crippen molar-refractivity contribution in [2.75, 3.05) is 20.2 Å². The average molecular weight is 415 g/mol. The average Bonchev–Trinajstić information content (AvgIpc) is 3.44. The standard InChI is InChI=1S/C22H30N4O2S/c1-16(21(27)25-14-6-7-15-25)29-22-24-23-20(17-10-12-19(28-2)13-11-17)26(22)18-8-4-3-5-9-18/h10-13,16,18H,3-9,14-15H2,1-2H3/t16-/m1/s1. The molecule has 0 spiro atoms. The fourth-order valence-electron chi connectivity index (χ4n) is 4.37. The molecule has 0 unspecified atom stereocenters. The van der Waals surface area contributed by atoms with Crippen LogP contribution < -0.4 is 4.74 Å². The third kappa shape index (κ3) is 4.44. The minimum absolute atomic E-state index is 0.150. The van der Waals surface area contributed by atoms with E-state index in [1.165, 1.54) is 19.3 Å². The van der Waals surface area contributed by atoms with Gasteiger partial charge in [0.25, 0.3) is 0 Å². The van der Waals surface area contributed by atoms with Crippen molar-refractivity contribution in [3.63, 3.8) is 0 Å². The van der Waals surface area contributed by atoms with E-state index >= 15 is 0 Å². The maximum atomic E-state index is 12.8. The van der Waals surface area contributed by atoms with E-state index in [0.717, 1.165) is 61.1 Å². The lowest BCUT2D eigenvalue weighted by Crippen LogP contribution is -2.34. The predicted molar refractivity (Wildman–Crippen MR) is 115 cm³/mol. The van der Waals surface area contributed by atoms with Crippen molar-refractivity contribution in [1.29, 1.82) is 0 Å². The summed E-state index contributed by atoms with van der Waals surface area (Å²) in [7, 11) is 1.67. The van der Waals surface area contributed by atoms with E-state index in [1.54, 1.807) is 18.9 Å². The van der Waals surface area contributed by atoms with Crippen molar-refractivity contribution < 1.29 is 9.53 Å². The van der Waals surface area contributed by atoms with Crippen LogP contribution in [0.25, 0.3) is 11.4 Å². The molecule has 1 aromatic heterocycles. The molecule has 1 aliphatic heterocycles. The normalized spacial score (nSPS) is 18.8. The van der Waals surface area contributed by atoms with Gasteiger partial charge >= 0.3 is 0 Å². The van der Waals surface area contributed by atoms with Gasteiger partial charge in [-0.15, -0.1) is 10.2 Å². The lowest BCUT2D eigenvalue weighted by atomic mass is 9.95. The van der Waals surface area contributed by atoms with E-state index < -0.39 is 0 Å². The first-order valence-electron chi connectivity index (χ1n) is 10.7. The van der Waals surface area contributed by atoms with Gasteiger partial charge in [0.2, 0.25) is 5.91 Å². The summed E-state index contributed by atoms with van der Waals surface area (Å²) in [6.07, 6.45) is 8.27. The van der Waals surface area contributed by atoms with E-state index in [4.69, 9.17) is 4.74 Å². The first-order valence-corrected chi connectivity index (χ1v) is 11.6. The molecular weight excluding hydrogens is 384 g/mol.